The standard InChI is InChI=1S/C15H19BrO/c1-3-5-6-7-8-9-13-10-11-15(17-4-2)14(16)12-13/h10-12H,3-5,8-9H2,1-2H3. The van der Waals surface area contributed by atoms with Crippen molar-refractivity contribution in [3.63, 3.8) is 0 Å². The van der Waals surface area contributed by atoms with E-state index in [1.807, 2.05) is 13.0 Å². The Morgan fingerprint density at radius 3 is 2.59 bits per heavy atom. The first-order valence-corrected chi connectivity index (χ1v) is 6.94. The van der Waals surface area contributed by atoms with E-state index in [1.54, 1.807) is 0 Å². The van der Waals surface area contributed by atoms with E-state index in [2.05, 4.69) is 46.8 Å². The second-order valence-corrected chi connectivity index (χ2v) is 4.66. The molecule has 0 spiro atoms. The Labute approximate surface area is 113 Å². The predicted molar refractivity (Wildman–Crippen MR) is 76.3 cm³/mol. The Morgan fingerprint density at radius 1 is 1.18 bits per heavy atom. The van der Waals surface area contributed by atoms with Crippen LogP contribution in [0.3, 0.4) is 0 Å². The van der Waals surface area contributed by atoms with Gasteiger partial charge in [-0.25, -0.2) is 0 Å². The van der Waals surface area contributed by atoms with Crippen molar-refractivity contribution < 1.29 is 4.74 Å². The smallest absolute Gasteiger partial charge is 0.133 e. The molecule has 1 aromatic carbocycles. The van der Waals surface area contributed by atoms with E-state index in [0.717, 1.165) is 35.9 Å². The van der Waals surface area contributed by atoms with Gasteiger partial charge in [-0.05, 0) is 53.4 Å². The highest BCUT2D eigenvalue weighted by molar-refractivity contribution is 9.10. The molecule has 0 heterocycles. The highest BCUT2D eigenvalue weighted by atomic mass is 79.9. The van der Waals surface area contributed by atoms with Crippen molar-refractivity contribution in [1.82, 2.24) is 0 Å². The summed E-state index contributed by atoms with van der Waals surface area (Å²) in [6.45, 7) is 4.84. The van der Waals surface area contributed by atoms with Gasteiger partial charge >= 0.3 is 0 Å². The molecule has 0 atom stereocenters. The quantitative estimate of drug-likeness (QED) is 0.722. The molecular weight excluding hydrogens is 276 g/mol. The third-order valence-electron chi connectivity index (χ3n) is 2.33. The van der Waals surface area contributed by atoms with Crippen LogP contribution in [0.4, 0.5) is 0 Å². The third kappa shape index (κ3) is 5.28. The normalized spacial score (nSPS) is 9.59. The molecule has 0 fully saturated rings. The Hall–Kier alpha value is -0.940. The van der Waals surface area contributed by atoms with Gasteiger partial charge in [0.25, 0.3) is 0 Å². The fourth-order valence-electron chi connectivity index (χ4n) is 1.48. The van der Waals surface area contributed by atoms with Crippen LogP contribution in [0.2, 0.25) is 0 Å². The number of hydrogen-bond donors (Lipinski definition) is 0. The summed E-state index contributed by atoms with van der Waals surface area (Å²) in [4.78, 5) is 0. The molecule has 0 aromatic heterocycles. The van der Waals surface area contributed by atoms with Crippen molar-refractivity contribution in [3.8, 4) is 17.6 Å². The van der Waals surface area contributed by atoms with E-state index in [9.17, 15) is 0 Å². The molecule has 0 bridgehead atoms. The zero-order chi connectivity index (χ0) is 12.5. The van der Waals surface area contributed by atoms with Crippen LogP contribution in [-0.4, -0.2) is 6.61 Å². The van der Waals surface area contributed by atoms with Crippen LogP contribution in [0.15, 0.2) is 22.7 Å². The monoisotopic (exact) mass is 294 g/mol. The fraction of sp³-hybridized carbons (Fsp3) is 0.467. The summed E-state index contributed by atoms with van der Waals surface area (Å²) >= 11 is 3.52. The summed E-state index contributed by atoms with van der Waals surface area (Å²) in [7, 11) is 0. The maximum atomic E-state index is 5.47. The zero-order valence-electron chi connectivity index (χ0n) is 10.6. The molecule has 17 heavy (non-hydrogen) atoms. The van der Waals surface area contributed by atoms with Crippen molar-refractivity contribution in [1.29, 1.82) is 0 Å². The Morgan fingerprint density at radius 2 is 1.94 bits per heavy atom. The number of aryl methyl sites for hydroxylation is 1. The molecule has 0 aliphatic heterocycles. The molecule has 0 aliphatic carbocycles. The molecule has 0 radical (unpaired) electrons. The van der Waals surface area contributed by atoms with Gasteiger partial charge in [0.1, 0.15) is 5.75 Å². The number of hydrogen-bond acceptors (Lipinski definition) is 1. The highest BCUT2D eigenvalue weighted by Gasteiger charge is 2.01. The van der Waals surface area contributed by atoms with Crippen LogP contribution in [0.5, 0.6) is 5.75 Å². The summed E-state index contributed by atoms with van der Waals surface area (Å²) in [6, 6.07) is 6.24. The summed E-state index contributed by atoms with van der Waals surface area (Å²) in [5, 5.41) is 0. The fourth-order valence-corrected chi connectivity index (χ4v) is 2.02. The largest absolute Gasteiger partial charge is 0.493 e. The van der Waals surface area contributed by atoms with Gasteiger partial charge in [0.15, 0.2) is 0 Å². The highest BCUT2D eigenvalue weighted by Crippen LogP contribution is 2.26. The molecule has 1 aromatic rings. The molecule has 0 N–H and O–H groups in total. The molecule has 0 unspecified atom stereocenters. The second kappa shape index (κ2) is 8.20. The van der Waals surface area contributed by atoms with E-state index >= 15 is 0 Å². The SMILES string of the molecule is CCCC#CCCc1ccc(OCC)c(Br)c1. The van der Waals surface area contributed by atoms with Gasteiger partial charge in [-0.2, -0.15) is 0 Å². The lowest BCUT2D eigenvalue weighted by Crippen LogP contribution is -1.93. The van der Waals surface area contributed by atoms with Gasteiger partial charge < -0.3 is 4.74 Å². The molecule has 0 saturated heterocycles. The molecule has 1 rings (SSSR count). The molecule has 0 saturated carbocycles. The van der Waals surface area contributed by atoms with E-state index in [-0.39, 0.29) is 0 Å². The molecular formula is C15H19BrO. The minimum Gasteiger partial charge on any atom is -0.493 e. The summed E-state index contributed by atoms with van der Waals surface area (Å²) < 4.78 is 6.50. The maximum absolute atomic E-state index is 5.47. The number of rotatable bonds is 5. The lowest BCUT2D eigenvalue weighted by atomic mass is 10.1. The number of ether oxygens (including phenoxy) is 1. The summed E-state index contributed by atoms with van der Waals surface area (Å²) in [5.41, 5.74) is 1.30. The van der Waals surface area contributed by atoms with Crippen molar-refractivity contribution >= 4 is 15.9 Å². The molecule has 0 amide bonds. The lowest BCUT2D eigenvalue weighted by Gasteiger charge is -2.07. The predicted octanol–water partition coefficient (Wildman–Crippen LogP) is 4.58. The first-order chi connectivity index (χ1) is 8.27. The second-order valence-electron chi connectivity index (χ2n) is 3.80. The van der Waals surface area contributed by atoms with Crippen LogP contribution in [0, 0.1) is 11.8 Å². The zero-order valence-corrected chi connectivity index (χ0v) is 12.1. The number of halogens is 1. The van der Waals surface area contributed by atoms with Crippen molar-refractivity contribution in [2.24, 2.45) is 0 Å². The topological polar surface area (TPSA) is 9.23 Å². The summed E-state index contributed by atoms with van der Waals surface area (Å²) in [5.74, 6) is 7.27. The van der Waals surface area contributed by atoms with Crippen molar-refractivity contribution in [2.45, 2.75) is 39.5 Å². The van der Waals surface area contributed by atoms with Gasteiger partial charge in [0, 0.05) is 12.8 Å². The maximum Gasteiger partial charge on any atom is 0.133 e. The minimum atomic E-state index is 0.695. The van der Waals surface area contributed by atoms with Crippen LogP contribution >= 0.6 is 15.9 Å². The van der Waals surface area contributed by atoms with Gasteiger partial charge in [-0.1, -0.05) is 13.0 Å². The van der Waals surface area contributed by atoms with E-state index in [4.69, 9.17) is 4.74 Å². The Kier molecular flexibility index (Phi) is 6.81. The summed E-state index contributed by atoms with van der Waals surface area (Å²) in [6.07, 6.45) is 4.08. The minimum absolute atomic E-state index is 0.695. The van der Waals surface area contributed by atoms with Crippen molar-refractivity contribution in [2.75, 3.05) is 6.61 Å². The average molecular weight is 295 g/mol. The Bertz CT molecular complexity index is 401. The van der Waals surface area contributed by atoms with Crippen LogP contribution < -0.4 is 4.74 Å². The van der Waals surface area contributed by atoms with Crippen LogP contribution in [0.1, 0.15) is 38.7 Å². The Balaban J connectivity index is 2.50. The first-order valence-electron chi connectivity index (χ1n) is 6.14. The van der Waals surface area contributed by atoms with Crippen LogP contribution in [0.25, 0.3) is 0 Å². The van der Waals surface area contributed by atoms with Gasteiger partial charge in [0.05, 0.1) is 11.1 Å². The molecule has 0 aliphatic rings. The van der Waals surface area contributed by atoms with Crippen molar-refractivity contribution in [3.05, 3.63) is 28.2 Å². The van der Waals surface area contributed by atoms with Crippen LogP contribution in [-0.2, 0) is 6.42 Å². The average Bonchev–Trinajstić information content (AvgIpc) is 2.32. The molecule has 2 heteroatoms. The van der Waals surface area contributed by atoms with Gasteiger partial charge in [-0.3, -0.25) is 0 Å². The van der Waals surface area contributed by atoms with Gasteiger partial charge in [0.2, 0.25) is 0 Å². The van der Waals surface area contributed by atoms with E-state index in [1.165, 1.54) is 5.56 Å². The molecule has 92 valence electrons. The first kappa shape index (κ1) is 14.1. The van der Waals surface area contributed by atoms with Gasteiger partial charge in [-0.15, -0.1) is 11.8 Å². The third-order valence-corrected chi connectivity index (χ3v) is 2.95. The molecule has 1 nitrogen and oxygen atoms in total. The lowest BCUT2D eigenvalue weighted by molar-refractivity contribution is 0.338. The van der Waals surface area contributed by atoms with E-state index in [0.29, 0.717) is 6.61 Å². The number of unbranched alkanes of at least 4 members (excludes halogenated alkanes) is 1. The van der Waals surface area contributed by atoms with E-state index < -0.39 is 0 Å². The number of benzene rings is 1.